The topological polar surface area (TPSA) is 23.6 Å². The van der Waals surface area contributed by atoms with Crippen molar-refractivity contribution in [3.63, 3.8) is 0 Å². The number of nitrogens with zero attached hydrogens (tertiary/aromatic N) is 2. The molecule has 0 amide bonds. The first-order valence-electron chi connectivity index (χ1n) is 8.36. The summed E-state index contributed by atoms with van der Waals surface area (Å²) in [6.45, 7) is 11.4. The second kappa shape index (κ2) is 6.57. The minimum Gasteiger partial charge on any atom is -0.305 e. The average Bonchev–Trinajstić information content (AvgIpc) is 2.55. The van der Waals surface area contributed by atoms with E-state index in [2.05, 4.69) is 37.6 Å². The van der Waals surface area contributed by atoms with Gasteiger partial charge in [-0.3, -0.25) is 9.69 Å². The minimum atomic E-state index is 0.274. The molecule has 0 aromatic heterocycles. The van der Waals surface area contributed by atoms with Crippen molar-refractivity contribution in [1.29, 1.82) is 0 Å². The van der Waals surface area contributed by atoms with Gasteiger partial charge in [-0.15, -0.1) is 0 Å². The molecule has 0 aromatic rings. The molecule has 0 N–H and O–H groups in total. The van der Waals surface area contributed by atoms with Gasteiger partial charge in [-0.25, -0.2) is 0 Å². The number of hydrogen-bond acceptors (Lipinski definition) is 3. The molecule has 1 aliphatic heterocycles. The van der Waals surface area contributed by atoms with Crippen LogP contribution in [0, 0.1) is 11.3 Å². The normalized spacial score (nSPS) is 33.1. The van der Waals surface area contributed by atoms with E-state index < -0.39 is 0 Å². The van der Waals surface area contributed by atoms with Crippen LogP contribution in [0.1, 0.15) is 52.9 Å². The lowest BCUT2D eigenvalue weighted by Gasteiger charge is -2.38. The monoisotopic (exact) mass is 280 g/mol. The molecule has 0 bridgehead atoms. The van der Waals surface area contributed by atoms with E-state index >= 15 is 0 Å². The molecule has 1 saturated carbocycles. The third-order valence-electron chi connectivity index (χ3n) is 5.25. The molecular weight excluding hydrogens is 248 g/mol. The van der Waals surface area contributed by atoms with E-state index in [1.807, 2.05) is 0 Å². The van der Waals surface area contributed by atoms with E-state index in [-0.39, 0.29) is 5.92 Å². The fourth-order valence-electron chi connectivity index (χ4n) is 3.92. The predicted molar refractivity (Wildman–Crippen MR) is 83.9 cm³/mol. The first-order valence-corrected chi connectivity index (χ1v) is 8.36. The van der Waals surface area contributed by atoms with E-state index in [0.29, 0.717) is 17.2 Å². The van der Waals surface area contributed by atoms with Gasteiger partial charge < -0.3 is 4.90 Å². The summed E-state index contributed by atoms with van der Waals surface area (Å²) in [6.07, 6.45) is 5.37. The number of carbonyl (C=O) groups is 1. The lowest BCUT2D eigenvalue weighted by molar-refractivity contribution is -0.128. The molecule has 2 fully saturated rings. The summed E-state index contributed by atoms with van der Waals surface area (Å²) >= 11 is 0. The zero-order valence-corrected chi connectivity index (χ0v) is 13.8. The summed E-state index contributed by atoms with van der Waals surface area (Å²) in [7, 11) is 2.22. The van der Waals surface area contributed by atoms with Crippen molar-refractivity contribution in [2.24, 2.45) is 11.3 Å². The van der Waals surface area contributed by atoms with Gasteiger partial charge in [0.05, 0.1) is 0 Å². The number of likely N-dealkylation sites (N-methyl/N-ethyl adjacent to an activating group) is 1. The van der Waals surface area contributed by atoms with Crippen LogP contribution in [-0.2, 0) is 4.79 Å². The number of carbonyl (C=O) groups excluding carboxylic acids is 1. The smallest absolute Gasteiger partial charge is 0.137 e. The number of rotatable bonds is 3. The van der Waals surface area contributed by atoms with Crippen molar-refractivity contribution in [3.8, 4) is 0 Å². The van der Waals surface area contributed by atoms with Crippen LogP contribution in [0.2, 0.25) is 0 Å². The van der Waals surface area contributed by atoms with Crippen molar-refractivity contribution in [2.75, 3.05) is 33.2 Å². The van der Waals surface area contributed by atoms with Crippen molar-refractivity contribution < 1.29 is 4.79 Å². The third-order valence-corrected chi connectivity index (χ3v) is 5.25. The molecule has 1 saturated heterocycles. The highest BCUT2D eigenvalue weighted by Gasteiger charge is 2.35. The average molecular weight is 280 g/mol. The Hall–Kier alpha value is -0.410. The Morgan fingerprint density at radius 2 is 2.05 bits per heavy atom. The van der Waals surface area contributed by atoms with Gasteiger partial charge in [-0.2, -0.15) is 0 Å². The zero-order valence-electron chi connectivity index (χ0n) is 13.8. The molecule has 2 atom stereocenters. The fraction of sp³-hybridized carbons (Fsp3) is 0.941. The van der Waals surface area contributed by atoms with Crippen LogP contribution in [-0.4, -0.2) is 54.9 Å². The fourth-order valence-corrected chi connectivity index (χ4v) is 3.92. The van der Waals surface area contributed by atoms with Crippen molar-refractivity contribution in [1.82, 2.24) is 9.80 Å². The summed E-state index contributed by atoms with van der Waals surface area (Å²) in [5, 5.41) is 0. The van der Waals surface area contributed by atoms with Gasteiger partial charge in [0.25, 0.3) is 0 Å². The Kier molecular flexibility index (Phi) is 5.25. The second-order valence-corrected chi connectivity index (χ2v) is 7.70. The molecule has 2 rings (SSSR count). The van der Waals surface area contributed by atoms with Crippen LogP contribution in [0.25, 0.3) is 0 Å². The highest BCUT2D eigenvalue weighted by molar-refractivity contribution is 5.82. The molecule has 2 unspecified atom stereocenters. The van der Waals surface area contributed by atoms with E-state index in [4.69, 9.17) is 0 Å². The Balaban J connectivity index is 2.00. The summed E-state index contributed by atoms with van der Waals surface area (Å²) in [5.41, 5.74) is 0.350. The Morgan fingerprint density at radius 1 is 1.30 bits per heavy atom. The van der Waals surface area contributed by atoms with Crippen LogP contribution in [0.5, 0.6) is 0 Å². The maximum atomic E-state index is 12.3. The van der Waals surface area contributed by atoms with Gasteiger partial charge in [-0.05, 0) is 51.2 Å². The SMILES string of the molecule is CCC1CN(C)CCCN1CC1CC(C)(C)CCC1=O. The third kappa shape index (κ3) is 4.05. The van der Waals surface area contributed by atoms with Crippen LogP contribution < -0.4 is 0 Å². The summed E-state index contributed by atoms with van der Waals surface area (Å²) in [5.74, 6) is 0.785. The minimum absolute atomic E-state index is 0.274. The number of ketones is 1. The summed E-state index contributed by atoms with van der Waals surface area (Å²) in [6, 6.07) is 0.625. The van der Waals surface area contributed by atoms with Crippen LogP contribution in [0.4, 0.5) is 0 Å². The van der Waals surface area contributed by atoms with E-state index in [9.17, 15) is 4.79 Å². The molecular formula is C17H32N2O. The lowest BCUT2D eigenvalue weighted by Crippen LogP contribution is -2.45. The maximum absolute atomic E-state index is 12.3. The van der Waals surface area contributed by atoms with Gasteiger partial charge in [0.2, 0.25) is 0 Å². The van der Waals surface area contributed by atoms with Gasteiger partial charge in [0, 0.05) is 31.5 Å². The van der Waals surface area contributed by atoms with Gasteiger partial charge >= 0.3 is 0 Å². The van der Waals surface area contributed by atoms with Crippen LogP contribution in [0.3, 0.4) is 0 Å². The summed E-state index contributed by atoms with van der Waals surface area (Å²) in [4.78, 5) is 17.3. The van der Waals surface area contributed by atoms with Crippen molar-refractivity contribution in [2.45, 2.75) is 58.9 Å². The van der Waals surface area contributed by atoms with Gasteiger partial charge in [-0.1, -0.05) is 20.8 Å². The summed E-state index contributed by atoms with van der Waals surface area (Å²) < 4.78 is 0. The molecule has 116 valence electrons. The highest BCUT2D eigenvalue weighted by Crippen LogP contribution is 2.37. The second-order valence-electron chi connectivity index (χ2n) is 7.70. The Labute approximate surface area is 124 Å². The van der Waals surface area contributed by atoms with Crippen LogP contribution >= 0.6 is 0 Å². The molecule has 1 aliphatic carbocycles. The van der Waals surface area contributed by atoms with Crippen molar-refractivity contribution in [3.05, 3.63) is 0 Å². The predicted octanol–water partition coefficient (Wildman–Crippen LogP) is 2.80. The van der Waals surface area contributed by atoms with Crippen LogP contribution in [0.15, 0.2) is 0 Å². The number of hydrogen-bond donors (Lipinski definition) is 0. The first kappa shape index (κ1) is 16.0. The van der Waals surface area contributed by atoms with Gasteiger partial charge in [0.1, 0.15) is 5.78 Å². The van der Waals surface area contributed by atoms with E-state index in [0.717, 1.165) is 38.9 Å². The number of Topliss-reactive ketones (excluding diaryl/α,β-unsaturated/α-hetero) is 1. The molecule has 0 aromatic carbocycles. The van der Waals surface area contributed by atoms with E-state index in [1.165, 1.54) is 19.4 Å². The highest BCUT2D eigenvalue weighted by atomic mass is 16.1. The molecule has 0 radical (unpaired) electrons. The quantitative estimate of drug-likeness (QED) is 0.794. The largest absolute Gasteiger partial charge is 0.305 e. The molecule has 20 heavy (non-hydrogen) atoms. The molecule has 1 heterocycles. The standard InChI is InChI=1S/C17H32N2O/c1-5-15-13-18(4)9-6-10-19(15)12-14-11-17(2,3)8-7-16(14)20/h14-15H,5-13H2,1-4H3. The molecule has 2 aliphatic rings. The van der Waals surface area contributed by atoms with E-state index in [1.54, 1.807) is 0 Å². The maximum Gasteiger partial charge on any atom is 0.137 e. The zero-order chi connectivity index (χ0) is 14.8. The van der Waals surface area contributed by atoms with Gasteiger partial charge in [0.15, 0.2) is 0 Å². The molecule has 0 spiro atoms. The Bertz CT molecular complexity index is 340. The lowest BCUT2D eigenvalue weighted by atomic mass is 9.71. The first-order chi connectivity index (χ1) is 9.41. The Morgan fingerprint density at radius 3 is 2.75 bits per heavy atom. The molecule has 3 nitrogen and oxygen atoms in total. The van der Waals surface area contributed by atoms with Crippen molar-refractivity contribution >= 4 is 5.78 Å². The molecule has 3 heteroatoms.